The molecule has 7 nitrogen and oxygen atoms in total. The molecular weight excluding hydrogens is 481 g/mol. The molecule has 0 radical (unpaired) electrons. The average Bonchev–Trinajstić information content (AvgIpc) is 2.86. The van der Waals surface area contributed by atoms with Gasteiger partial charge in [0.2, 0.25) is 21.8 Å². The van der Waals surface area contributed by atoms with E-state index in [9.17, 15) is 22.4 Å². The van der Waals surface area contributed by atoms with Crippen molar-refractivity contribution >= 4 is 27.5 Å². The Kier molecular flexibility index (Phi) is 9.87. The molecular formula is C27H36FN3O4S. The number of amides is 2. The number of halogens is 1. The minimum Gasteiger partial charge on any atom is -0.352 e. The van der Waals surface area contributed by atoms with Crippen molar-refractivity contribution < 1.29 is 22.4 Å². The van der Waals surface area contributed by atoms with Gasteiger partial charge in [-0.1, -0.05) is 68.7 Å². The molecule has 0 bridgehead atoms. The lowest BCUT2D eigenvalue weighted by atomic mass is 9.95. The van der Waals surface area contributed by atoms with Crippen molar-refractivity contribution in [1.29, 1.82) is 0 Å². The molecule has 36 heavy (non-hydrogen) atoms. The van der Waals surface area contributed by atoms with Crippen molar-refractivity contribution in [1.82, 2.24) is 10.2 Å². The number of nitrogens with zero attached hydrogens (tertiary/aromatic N) is 2. The monoisotopic (exact) mass is 517 g/mol. The molecule has 0 spiro atoms. The van der Waals surface area contributed by atoms with Gasteiger partial charge in [-0.05, 0) is 43.4 Å². The fourth-order valence-corrected chi connectivity index (χ4v) is 5.54. The third-order valence-corrected chi connectivity index (χ3v) is 7.75. The molecule has 196 valence electrons. The molecule has 1 aliphatic carbocycles. The quantitative estimate of drug-likeness (QED) is 0.490. The van der Waals surface area contributed by atoms with Crippen LogP contribution in [0.2, 0.25) is 0 Å². The topological polar surface area (TPSA) is 86.8 Å². The second kappa shape index (κ2) is 12.9. The molecule has 1 N–H and O–H groups in total. The predicted octanol–water partition coefficient (Wildman–Crippen LogP) is 3.89. The zero-order valence-electron chi connectivity index (χ0n) is 21.0. The van der Waals surface area contributed by atoms with E-state index in [-0.39, 0.29) is 24.2 Å². The Morgan fingerprint density at radius 1 is 1.03 bits per heavy atom. The third kappa shape index (κ3) is 7.53. The molecule has 1 unspecified atom stereocenters. The fraction of sp³-hybridized carbons (Fsp3) is 0.481. The summed E-state index contributed by atoms with van der Waals surface area (Å²) in [4.78, 5) is 28.4. The molecule has 1 atom stereocenters. The van der Waals surface area contributed by atoms with Gasteiger partial charge in [-0.15, -0.1) is 0 Å². The van der Waals surface area contributed by atoms with Crippen LogP contribution in [0.4, 0.5) is 10.1 Å². The van der Waals surface area contributed by atoms with E-state index in [4.69, 9.17) is 0 Å². The summed E-state index contributed by atoms with van der Waals surface area (Å²) in [6, 6.07) is 14.3. The van der Waals surface area contributed by atoms with Crippen LogP contribution in [0.25, 0.3) is 0 Å². The number of carbonyl (C=O) groups is 2. The number of para-hydroxylation sites is 1. The Bertz CT molecular complexity index is 1120. The highest BCUT2D eigenvalue weighted by molar-refractivity contribution is 7.92. The van der Waals surface area contributed by atoms with Crippen molar-refractivity contribution in [2.24, 2.45) is 0 Å². The van der Waals surface area contributed by atoms with Gasteiger partial charge in [-0.2, -0.15) is 0 Å². The number of hydrogen-bond donors (Lipinski definition) is 1. The lowest BCUT2D eigenvalue weighted by Crippen LogP contribution is -2.54. The summed E-state index contributed by atoms with van der Waals surface area (Å²) < 4.78 is 40.4. The number of nitrogens with one attached hydrogen (secondary N) is 1. The van der Waals surface area contributed by atoms with Crippen LogP contribution in [0.15, 0.2) is 54.6 Å². The molecule has 1 saturated carbocycles. The molecule has 2 amide bonds. The normalized spacial score (nSPS) is 15.2. The molecule has 0 saturated heterocycles. The summed E-state index contributed by atoms with van der Waals surface area (Å²) in [7, 11) is -3.97. The summed E-state index contributed by atoms with van der Waals surface area (Å²) in [5.74, 6) is -1.53. The van der Waals surface area contributed by atoms with E-state index in [0.717, 1.165) is 54.3 Å². The lowest BCUT2D eigenvalue weighted by Gasteiger charge is -2.34. The van der Waals surface area contributed by atoms with Gasteiger partial charge in [0.1, 0.15) is 18.4 Å². The molecule has 9 heteroatoms. The van der Waals surface area contributed by atoms with Crippen LogP contribution in [0.5, 0.6) is 0 Å². The Morgan fingerprint density at radius 3 is 2.28 bits per heavy atom. The first-order chi connectivity index (χ1) is 17.2. The Morgan fingerprint density at radius 2 is 1.67 bits per heavy atom. The molecule has 0 aromatic heterocycles. The van der Waals surface area contributed by atoms with Crippen molar-refractivity contribution in [2.75, 3.05) is 23.7 Å². The van der Waals surface area contributed by atoms with Crippen molar-refractivity contribution in [3.63, 3.8) is 0 Å². The number of anilines is 1. The number of carbonyl (C=O) groups excluding carboxylic acids is 2. The smallest absolute Gasteiger partial charge is 0.244 e. The van der Waals surface area contributed by atoms with Crippen molar-refractivity contribution in [2.45, 2.75) is 64.0 Å². The SMILES string of the molecule is CCC(C(=O)NC1CCCCC1)N(CCc1ccccc1)C(=O)CN(c1ccccc1F)S(C)(=O)=O. The molecule has 2 aromatic carbocycles. The third-order valence-electron chi connectivity index (χ3n) is 6.62. The van der Waals surface area contributed by atoms with Gasteiger partial charge in [0, 0.05) is 12.6 Å². The van der Waals surface area contributed by atoms with Crippen LogP contribution >= 0.6 is 0 Å². The standard InChI is InChI=1S/C27H36FN3O4S/c1-3-24(27(33)29-22-14-8-5-9-15-22)30(19-18-21-12-6-4-7-13-21)26(32)20-31(36(2,34)35)25-17-11-10-16-23(25)28/h4,6-7,10-13,16-17,22,24H,3,5,8-9,14-15,18-20H2,1-2H3,(H,29,33). The van der Waals surface area contributed by atoms with Crippen LogP contribution in [0, 0.1) is 5.82 Å². The summed E-state index contributed by atoms with van der Waals surface area (Å²) in [6.45, 7) is 1.47. The largest absolute Gasteiger partial charge is 0.352 e. The first-order valence-corrected chi connectivity index (χ1v) is 14.4. The number of sulfonamides is 1. The van der Waals surface area contributed by atoms with Gasteiger partial charge >= 0.3 is 0 Å². The van der Waals surface area contributed by atoms with Crippen LogP contribution < -0.4 is 9.62 Å². The van der Waals surface area contributed by atoms with E-state index < -0.39 is 34.3 Å². The van der Waals surface area contributed by atoms with E-state index in [1.165, 1.54) is 23.1 Å². The summed E-state index contributed by atoms with van der Waals surface area (Å²) in [5.41, 5.74) is 0.794. The second-order valence-electron chi connectivity index (χ2n) is 9.31. The zero-order chi connectivity index (χ0) is 26.1. The number of benzene rings is 2. The second-order valence-corrected chi connectivity index (χ2v) is 11.2. The minimum absolute atomic E-state index is 0.0808. The van der Waals surface area contributed by atoms with Gasteiger partial charge in [0.15, 0.2) is 0 Å². The van der Waals surface area contributed by atoms with Gasteiger partial charge in [-0.25, -0.2) is 12.8 Å². The van der Waals surface area contributed by atoms with Gasteiger partial charge < -0.3 is 10.2 Å². The maximum atomic E-state index is 14.5. The van der Waals surface area contributed by atoms with Crippen molar-refractivity contribution in [3.8, 4) is 0 Å². The highest BCUT2D eigenvalue weighted by Gasteiger charge is 2.33. The van der Waals surface area contributed by atoms with Crippen LogP contribution in [0.1, 0.15) is 51.0 Å². The average molecular weight is 518 g/mol. The Hall–Kier alpha value is -2.94. The molecule has 0 aliphatic heterocycles. The summed E-state index contributed by atoms with van der Waals surface area (Å²) >= 11 is 0. The Labute approximate surface area is 213 Å². The first-order valence-electron chi connectivity index (χ1n) is 12.6. The van der Waals surface area contributed by atoms with E-state index in [1.807, 2.05) is 37.3 Å². The maximum Gasteiger partial charge on any atom is 0.244 e. The highest BCUT2D eigenvalue weighted by Crippen LogP contribution is 2.23. The highest BCUT2D eigenvalue weighted by atomic mass is 32.2. The van der Waals surface area contributed by atoms with Crippen LogP contribution in [-0.4, -0.2) is 56.6 Å². The predicted molar refractivity (Wildman–Crippen MR) is 140 cm³/mol. The summed E-state index contributed by atoms with van der Waals surface area (Å²) in [6.07, 6.45) is 6.91. The fourth-order valence-electron chi connectivity index (χ4n) is 4.69. The number of rotatable bonds is 11. The van der Waals surface area contributed by atoms with Gasteiger partial charge in [0.05, 0.1) is 11.9 Å². The molecule has 3 rings (SSSR count). The number of hydrogen-bond acceptors (Lipinski definition) is 4. The van der Waals surface area contributed by atoms with E-state index in [0.29, 0.717) is 12.8 Å². The zero-order valence-corrected chi connectivity index (χ0v) is 21.8. The minimum atomic E-state index is -3.97. The van der Waals surface area contributed by atoms with Crippen LogP contribution in [-0.2, 0) is 26.0 Å². The molecule has 1 fully saturated rings. The Balaban J connectivity index is 1.86. The molecule has 1 aliphatic rings. The maximum absolute atomic E-state index is 14.5. The van der Waals surface area contributed by atoms with E-state index in [2.05, 4.69) is 5.32 Å². The van der Waals surface area contributed by atoms with E-state index in [1.54, 1.807) is 0 Å². The van der Waals surface area contributed by atoms with Gasteiger partial charge in [0.25, 0.3) is 0 Å². The molecule has 2 aromatic rings. The lowest BCUT2D eigenvalue weighted by molar-refractivity contribution is -0.140. The first kappa shape index (κ1) is 27.6. The van der Waals surface area contributed by atoms with Crippen LogP contribution in [0.3, 0.4) is 0 Å². The van der Waals surface area contributed by atoms with E-state index >= 15 is 0 Å². The van der Waals surface area contributed by atoms with Crippen molar-refractivity contribution in [3.05, 3.63) is 66.0 Å². The summed E-state index contributed by atoms with van der Waals surface area (Å²) in [5, 5.41) is 3.10. The molecule has 0 heterocycles. The van der Waals surface area contributed by atoms with Gasteiger partial charge in [-0.3, -0.25) is 13.9 Å².